The van der Waals surface area contributed by atoms with Gasteiger partial charge in [0.1, 0.15) is 11.4 Å². The van der Waals surface area contributed by atoms with Gasteiger partial charge in [0, 0.05) is 5.69 Å². The van der Waals surface area contributed by atoms with Crippen LogP contribution in [0.5, 0.6) is 5.75 Å². The smallest absolute Gasteiger partial charge is 0.354 e. The number of aromatic nitrogens is 1. The summed E-state index contributed by atoms with van der Waals surface area (Å²) >= 11 is 0. The van der Waals surface area contributed by atoms with Crippen molar-refractivity contribution in [2.75, 3.05) is 19.5 Å². The van der Waals surface area contributed by atoms with Gasteiger partial charge in [-0.25, -0.2) is 4.79 Å². The molecule has 100 valence electrons. The van der Waals surface area contributed by atoms with E-state index in [0.29, 0.717) is 12.2 Å². The highest BCUT2D eigenvalue weighted by Gasteiger charge is 2.08. The predicted octanol–water partition coefficient (Wildman–Crippen LogP) is 2.42. The molecule has 0 bridgehead atoms. The van der Waals surface area contributed by atoms with Gasteiger partial charge < -0.3 is 19.8 Å². The fourth-order valence-electron chi connectivity index (χ4n) is 1.75. The number of H-pyrrole nitrogens is 1. The van der Waals surface area contributed by atoms with Crippen LogP contribution in [0.1, 0.15) is 16.2 Å². The molecule has 0 radical (unpaired) electrons. The zero-order valence-corrected chi connectivity index (χ0v) is 10.9. The Bertz CT molecular complexity index is 563. The van der Waals surface area contributed by atoms with Crippen molar-refractivity contribution < 1.29 is 14.3 Å². The molecule has 0 fully saturated rings. The Morgan fingerprint density at radius 3 is 2.74 bits per heavy atom. The van der Waals surface area contributed by atoms with E-state index in [1.165, 1.54) is 7.11 Å². The Kier molecular flexibility index (Phi) is 4.07. The lowest BCUT2D eigenvalue weighted by Crippen LogP contribution is -2.04. The van der Waals surface area contributed by atoms with Gasteiger partial charge in [0.15, 0.2) is 0 Å². The lowest BCUT2D eigenvalue weighted by molar-refractivity contribution is 0.0594. The monoisotopic (exact) mass is 260 g/mol. The maximum absolute atomic E-state index is 11.3. The number of anilines is 1. The number of nitrogens with one attached hydrogen (secondary N) is 2. The molecule has 5 heteroatoms. The zero-order valence-electron chi connectivity index (χ0n) is 10.9. The third-order valence-electron chi connectivity index (χ3n) is 2.73. The van der Waals surface area contributed by atoms with Gasteiger partial charge in [-0.1, -0.05) is 12.1 Å². The molecule has 0 atom stereocenters. The molecule has 0 spiro atoms. The summed E-state index contributed by atoms with van der Waals surface area (Å²) in [5.74, 6) is 0.408. The third kappa shape index (κ3) is 3.07. The lowest BCUT2D eigenvalue weighted by atomic mass is 10.3. The molecule has 2 rings (SSSR count). The molecule has 1 aromatic heterocycles. The molecule has 5 nitrogen and oxygen atoms in total. The van der Waals surface area contributed by atoms with Crippen LogP contribution < -0.4 is 10.1 Å². The Labute approximate surface area is 111 Å². The van der Waals surface area contributed by atoms with Gasteiger partial charge in [0.2, 0.25) is 0 Å². The summed E-state index contributed by atoms with van der Waals surface area (Å²) in [6.45, 7) is 0.567. The van der Waals surface area contributed by atoms with E-state index in [1.807, 2.05) is 30.3 Å². The lowest BCUT2D eigenvalue weighted by Gasteiger charge is -2.09. The van der Waals surface area contributed by atoms with Gasteiger partial charge in [-0.15, -0.1) is 0 Å². The molecule has 19 heavy (non-hydrogen) atoms. The number of ether oxygens (including phenoxy) is 2. The predicted molar refractivity (Wildman–Crippen MR) is 72.5 cm³/mol. The van der Waals surface area contributed by atoms with E-state index in [0.717, 1.165) is 17.1 Å². The molecule has 2 aromatic rings. The van der Waals surface area contributed by atoms with Crippen molar-refractivity contribution in [3.8, 4) is 5.75 Å². The number of hydrogen-bond acceptors (Lipinski definition) is 4. The number of para-hydroxylation sites is 2. The van der Waals surface area contributed by atoms with Gasteiger partial charge >= 0.3 is 5.97 Å². The molecule has 0 aliphatic heterocycles. The van der Waals surface area contributed by atoms with Crippen molar-refractivity contribution in [2.24, 2.45) is 0 Å². The van der Waals surface area contributed by atoms with Crippen LogP contribution >= 0.6 is 0 Å². The average Bonchev–Trinajstić information content (AvgIpc) is 2.93. The van der Waals surface area contributed by atoms with Crippen molar-refractivity contribution in [2.45, 2.75) is 6.54 Å². The number of aromatic amines is 1. The van der Waals surface area contributed by atoms with Gasteiger partial charge in [-0.3, -0.25) is 0 Å². The molecular formula is C14H16N2O3. The molecule has 1 heterocycles. The largest absolute Gasteiger partial charge is 0.495 e. The first-order valence-electron chi connectivity index (χ1n) is 5.87. The quantitative estimate of drug-likeness (QED) is 0.810. The van der Waals surface area contributed by atoms with E-state index in [2.05, 4.69) is 15.0 Å². The van der Waals surface area contributed by atoms with Crippen LogP contribution in [-0.2, 0) is 11.3 Å². The minimum atomic E-state index is -0.372. The normalized spacial score (nSPS) is 10.0. The summed E-state index contributed by atoms with van der Waals surface area (Å²) in [7, 11) is 2.99. The van der Waals surface area contributed by atoms with E-state index < -0.39 is 0 Å². The second-order valence-corrected chi connectivity index (χ2v) is 3.94. The Balaban J connectivity index is 2.02. The van der Waals surface area contributed by atoms with Crippen molar-refractivity contribution in [1.82, 2.24) is 4.98 Å². The maximum Gasteiger partial charge on any atom is 0.354 e. The fraction of sp³-hybridized carbons (Fsp3) is 0.214. The summed E-state index contributed by atoms with van der Waals surface area (Å²) in [4.78, 5) is 14.3. The number of carbonyl (C=O) groups is 1. The van der Waals surface area contributed by atoms with Gasteiger partial charge in [0.05, 0.1) is 26.5 Å². The van der Waals surface area contributed by atoms with E-state index in [4.69, 9.17) is 4.74 Å². The maximum atomic E-state index is 11.3. The number of methoxy groups -OCH3 is 2. The summed E-state index contributed by atoms with van der Waals surface area (Å²) < 4.78 is 9.89. The number of hydrogen-bond donors (Lipinski definition) is 2. The molecular weight excluding hydrogens is 244 g/mol. The van der Waals surface area contributed by atoms with Crippen LogP contribution in [0.2, 0.25) is 0 Å². The first kappa shape index (κ1) is 13.0. The minimum Gasteiger partial charge on any atom is -0.495 e. The minimum absolute atomic E-state index is 0.372. The fourth-order valence-corrected chi connectivity index (χ4v) is 1.75. The Morgan fingerprint density at radius 2 is 2.00 bits per heavy atom. The zero-order chi connectivity index (χ0) is 13.7. The van der Waals surface area contributed by atoms with Crippen LogP contribution in [0.4, 0.5) is 5.69 Å². The Morgan fingerprint density at radius 1 is 1.21 bits per heavy atom. The topological polar surface area (TPSA) is 63.4 Å². The van der Waals surface area contributed by atoms with Crippen LogP contribution in [-0.4, -0.2) is 25.2 Å². The van der Waals surface area contributed by atoms with Crippen molar-refractivity contribution in [3.05, 3.63) is 47.8 Å². The molecule has 1 aromatic carbocycles. The number of esters is 1. The van der Waals surface area contributed by atoms with Crippen LogP contribution in [0.25, 0.3) is 0 Å². The highest BCUT2D eigenvalue weighted by Crippen LogP contribution is 2.23. The molecule has 0 unspecified atom stereocenters. The van der Waals surface area contributed by atoms with Gasteiger partial charge in [-0.2, -0.15) is 0 Å². The third-order valence-corrected chi connectivity index (χ3v) is 2.73. The molecule has 0 amide bonds. The highest BCUT2D eigenvalue weighted by molar-refractivity contribution is 5.87. The van der Waals surface area contributed by atoms with Gasteiger partial charge in [-0.05, 0) is 24.3 Å². The first-order valence-corrected chi connectivity index (χ1v) is 5.87. The number of rotatable bonds is 5. The second kappa shape index (κ2) is 5.95. The van der Waals surface area contributed by atoms with Crippen LogP contribution in [0.3, 0.4) is 0 Å². The molecule has 0 saturated carbocycles. The van der Waals surface area contributed by atoms with Crippen LogP contribution in [0.15, 0.2) is 36.4 Å². The van der Waals surface area contributed by atoms with Crippen LogP contribution in [0, 0.1) is 0 Å². The van der Waals surface area contributed by atoms with E-state index >= 15 is 0 Å². The van der Waals surface area contributed by atoms with Gasteiger partial charge in [0.25, 0.3) is 0 Å². The SMILES string of the molecule is COC(=O)c1ccc(CNc2ccccc2OC)[nH]1. The average molecular weight is 260 g/mol. The van der Waals surface area contributed by atoms with E-state index in [9.17, 15) is 4.79 Å². The van der Waals surface area contributed by atoms with E-state index in [1.54, 1.807) is 13.2 Å². The summed E-state index contributed by atoms with van der Waals surface area (Å²) in [6.07, 6.45) is 0. The molecule has 2 N–H and O–H groups in total. The number of benzene rings is 1. The molecule has 0 aliphatic rings. The van der Waals surface area contributed by atoms with E-state index in [-0.39, 0.29) is 5.97 Å². The molecule has 0 aliphatic carbocycles. The first-order chi connectivity index (χ1) is 9.24. The van der Waals surface area contributed by atoms with Crippen molar-refractivity contribution >= 4 is 11.7 Å². The standard InChI is InChI=1S/C14H16N2O3/c1-18-13-6-4-3-5-11(13)15-9-10-7-8-12(16-10)14(17)19-2/h3-8,15-16H,9H2,1-2H3. The second-order valence-electron chi connectivity index (χ2n) is 3.94. The molecule has 0 saturated heterocycles. The van der Waals surface area contributed by atoms with Crippen molar-refractivity contribution in [3.63, 3.8) is 0 Å². The summed E-state index contributed by atoms with van der Waals surface area (Å²) in [6, 6.07) is 11.2. The van der Waals surface area contributed by atoms with Crippen molar-refractivity contribution in [1.29, 1.82) is 0 Å². The number of carbonyl (C=O) groups excluding carboxylic acids is 1. The summed E-state index contributed by atoms with van der Waals surface area (Å²) in [5.41, 5.74) is 2.24. The summed E-state index contributed by atoms with van der Waals surface area (Å²) in [5, 5.41) is 3.24. The highest BCUT2D eigenvalue weighted by atomic mass is 16.5. The Hall–Kier alpha value is -2.43.